The SMILES string of the molecule is CCOc1cc(C)c(C)cc1S(=O)(=O)N[C@@H](CC)CO. The summed E-state index contributed by atoms with van der Waals surface area (Å²) in [6, 6.07) is 2.84. The van der Waals surface area contributed by atoms with Gasteiger partial charge in [-0.25, -0.2) is 13.1 Å². The lowest BCUT2D eigenvalue weighted by atomic mass is 10.1. The Morgan fingerprint density at radius 2 is 1.85 bits per heavy atom. The molecule has 0 fully saturated rings. The number of hydrogen-bond acceptors (Lipinski definition) is 4. The lowest BCUT2D eigenvalue weighted by Gasteiger charge is -2.18. The maximum absolute atomic E-state index is 12.4. The third-order valence-corrected chi connectivity index (χ3v) is 4.73. The summed E-state index contributed by atoms with van der Waals surface area (Å²) in [5.41, 5.74) is 1.85. The molecule has 1 aromatic rings. The fourth-order valence-electron chi connectivity index (χ4n) is 1.77. The third kappa shape index (κ3) is 3.94. The summed E-state index contributed by atoms with van der Waals surface area (Å²) < 4.78 is 32.8. The summed E-state index contributed by atoms with van der Waals surface area (Å²) in [5, 5.41) is 9.15. The van der Waals surface area contributed by atoms with Gasteiger partial charge in [-0.15, -0.1) is 0 Å². The van der Waals surface area contributed by atoms with Crippen LogP contribution in [0.2, 0.25) is 0 Å². The minimum atomic E-state index is -3.71. The first-order chi connectivity index (χ1) is 9.35. The minimum absolute atomic E-state index is 0.120. The molecule has 0 aliphatic rings. The van der Waals surface area contributed by atoms with E-state index in [1.165, 1.54) is 0 Å². The zero-order chi connectivity index (χ0) is 15.3. The molecule has 1 aromatic carbocycles. The molecular weight excluding hydrogens is 278 g/mol. The lowest BCUT2D eigenvalue weighted by molar-refractivity contribution is 0.253. The predicted octanol–water partition coefficient (Wildman–Crippen LogP) is 1.75. The highest BCUT2D eigenvalue weighted by Crippen LogP contribution is 2.27. The number of rotatable bonds is 7. The van der Waals surface area contributed by atoms with Gasteiger partial charge in [-0.1, -0.05) is 6.92 Å². The average molecular weight is 301 g/mol. The van der Waals surface area contributed by atoms with Gasteiger partial charge in [0.15, 0.2) is 0 Å². The van der Waals surface area contributed by atoms with Crippen LogP contribution < -0.4 is 9.46 Å². The molecule has 0 amide bonds. The quantitative estimate of drug-likeness (QED) is 0.804. The number of hydrogen-bond donors (Lipinski definition) is 2. The molecule has 6 heteroatoms. The van der Waals surface area contributed by atoms with Gasteiger partial charge in [-0.2, -0.15) is 0 Å². The molecule has 0 heterocycles. The number of aliphatic hydroxyl groups excluding tert-OH is 1. The number of sulfonamides is 1. The summed E-state index contributed by atoms with van der Waals surface area (Å²) in [4.78, 5) is 0.120. The van der Waals surface area contributed by atoms with Crippen LogP contribution in [-0.2, 0) is 10.0 Å². The van der Waals surface area contributed by atoms with Crippen molar-refractivity contribution in [2.45, 2.75) is 45.1 Å². The van der Waals surface area contributed by atoms with E-state index in [1.807, 2.05) is 27.7 Å². The Morgan fingerprint density at radius 1 is 1.25 bits per heavy atom. The molecule has 2 N–H and O–H groups in total. The van der Waals surface area contributed by atoms with Crippen molar-refractivity contribution in [3.05, 3.63) is 23.3 Å². The van der Waals surface area contributed by atoms with Gasteiger partial charge in [0.05, 0.1) is 13.2 Å². The van der Waals surface area contributed by atoms with Crippen molar-refractivity contribution in [1.82, 2.24) is 4.72 Å². The summed E-state index contributed by atoms with van der Waals surface area (Å²) in [6.07, 6.45) is 0.518. The van der Waals surface area contributed by atoms with E-state index in [9.17, 15) is 8.42 Å². The molecule has 0 bridgehead atoms. The van der Waals surface area contributed by atoms with E-state index in [4.69, 9.17) is 9.84 Å². The van der Waals surface area contributed by atoms with Crippen LogP contribution in [0.5, 0.6) is 5.75 Å². The van der Waals surface area contributed by atoms with Crippen LogP contribution in [0.3, 0.4) is 0 Å². The van der Waals surface area contributed by atoms with Crippen molar-refractivity contribution < 1.29 is 18.3 Å². The second kappa shape index (κ2) is 7.06. The molecule has 0 aliphatic carbocycles. The van der Waals surface area contributed by atoms with Gasteiger partial charge in [-0.3, -0.25) is 0 Å². The van der Waals surface area contributed by atoms with Crippen molar-refractivity contribution in [3.8, 4) is 5.75 Å². The van der Waals surface area contributed by atoms with E-state index in [1.54, 1.807) is 12.1 Å². The topological polar surface area (TPSA) is 75.6 Å². The van der Waals surface area contributed by atoms with Gasteiger partial charge < -0.3 is 9.84 Å². The lowest BCUT2D eigenvalue weighted by Crippen LogP contribution is -2.37. The Labute approximate surface area is 121 Å². The Morgan fingerprint density at radius 3 is 2.35 bits per heavy atom. The highest BCUT2D eigenvalue weighted by Gasteiger charge is 2.23. The molecular formula is C14H23NO4S. The van der Waals surface area contributed by atoms with Crippen molar-refractivity contribution in [1.29, 1.82) is 0 Å². The number of benzene rings is 1. The average Bonchev–Trinajstić information content (AvgIpc) is 2.40. The van der Waals surface area contributed by atoms with Crippen molar-refractivity contribution in [2.24, 2.45) is 0 Å². The van der Waals surface area contributed by atoms with E-state index in [-0.39, 0.29) is 11.5 Å². The van der Waals surface area contributed by atoms with Gasteiger partial charge in [0.1, 0.15) is 10.6 Å². The standard InChI is InChI=1S/C14H23NO4S/c1-5-12(9-16)15-20(17,18)14-8-11(4)10(3)7-13(14)19-6-2/h7-8,12,15-16H,5-6,9H2,1-4H3/t12-/m0/s1. The molecule has 0 aromatic heterocycles. The molecule has 0 spiro atoms. The van der Waals surface area contributed by atoms with Gasteiger partial charge in [0, 0.05) is 6.04 Å². The molecule has 0 radical (unpaired) electrons. The van der Waals surface area contributed by atoms with E-state index in [2.05, 4.69) is 4.72 Å². The highest BCUT2D eigenvalue weighted by atomic mass is 32.2. The molecule has 0 unspecified atom stereocenters. The van der Waals surface area contributed by atoms with Crippen molar-refractivity contribution >= 4 is 10.0 Å². The van der Waals surface area contributed by atoms with Gasteiger partial charge in [-0.05, 0) is 50.5 Å². The van der Waals surface area contributed by atoms with Gasteiger partial charge in [0.2, 0.25) is 10.0 Å². The number of aryl methyl sites for hydroxylation is 2. The van der Waals surface area contributed by atoms with E-state index < -0.39 is 16.1 Å². The Balaban J connectivity index is 3.25. The predicted molar refractivity (Wildman–Crippen MR) is 78.6 cm³/mol. The first-order valence-corrected chi connectivity index (χ1v) is 8.21. The summed E-state index contributed by atoms with van der Waals surface area (Å²) >= 11 is 0. The zero-order valence-corrected chi connectivity index (χ0v) is 13.3. The molecule has 114 valence electrons. The van der Waals surface area contributed by atoms with E-state index >= 15 is 0 Å². The summed E-state index contributed by atoms with van der Waals surface area (Å²) in [7, 11) is -3.71. The highest BCUT2D eigenvalue weighted by molar-refractivity contribution is 7.89. The number of nitrogens with one attached hydrogen (secondary N) is 1. The van der Waals surface area contributed by atoms with Gasteiger partial charge >= 0.3 is 0 Å². The normalized spacial score (nSPS) is 13.2. The molecule has 20 heavy (non-hydrogen) atoms. The Hall–Kier alpha value is -1.11. The van der Waals surface area contributed by atoms with E-state index in [0.717, 1.165) is 11.1 Å². The van der Waals surface area contributed by atoms with Crippen molar-refractivity contribution in [3.63, 3.8) is 0 Å². The van der Waals surface area contributed by atoms with E-state index in [0.29, 0.717) is 18.8 Å². The molecule has 0 saturated heterocycles. The fraction of sp³-hybridized carbons (Fsp3) is 0.571. The fourth-order valence-corrected chi connectivity index (χ4v) is 3.30. The minimum Gasteiger partial charge on any atom is -0.492 e. The van der Waals surface area contributed by atoms with Crippen LogP contribution in [0.25, 0.3) is 0 Å². The first kappa shape index (κ1) is 16.9. The third-order valence-electron chi connectivity index (χ3n) is 3.18. The Kier molecular flexibility index (Phi) is 5.98. The van der Waals surface area contributed by atoms with Crippen LogP contribution in [0.15, 0.2) is 17.0 Å². The maximum Gasteiger partial charge on any atom is 0.244 e. The molecule has 1 atom stereocenters. The van der Waals surface area contributed by atoms with Crippen LogP contribution >= 0.6 is 0 Å². The summed E-state index contributed by atoms with van der Waals surface area (Å²) in [5.74, 6) is 0.343. The van der Waals surface area contributed by atoms with Crippen molar-refractivity contribution in [2.75, 3.05) is 13.2 Å². The molecule has 5 nitrogen and oxygen atoms in total. The number of aliphatic hydroxyl groups is 1. The van der Waals surface area contributed by atoms with Gasteiger partial charge in [0.25, 0.3) is 0 Å². The number of ether oxygens (including phenoxy) is 1. The van der Waals surface area contributed by atoms with Crippen LogP contribution in [0.1, 0.15) is 31.4 Å². The van der Waals surface area contributed by atoms with Crippen LogP contribution in [0.4, 0.5) is 0 Å². The largest absolute Gasteiger partial charge is 0.492 e. The van der Waals surface area contributed by atoms with Crippen LogP contribution in [-0.4, -0.2) is 32.8 Å². The monoisotopic (exact) mass is 301 g/mol. The first-order valence-electron chi connectivity index (χ1n) is 6.72. The molecule has 0 saturated carbocycles. The molecule has 0 aliphatic heterocycles. The second-order valence-electron chi connectivity index (χ2n) is 4.73. The smallest absolute Gasteiger partial charge is 0.244 e. The maximum atomic E-state index is 12.4. The molecule has 1 rings (SSSR count). The Bertz CT molecular complexity index is 551. The second-order valence-corrected chi connectivity index (χ2v) is 6.41. The van der Waals surface area contributed by atoms with Crippen LogP contribution in [0, 0.1) is 13.8 Å². The summed E-state index contributed by atoms with van der Waals surface area (Å²) in [6.45, 7) is 7.54. The zero-order valence-electron chi connectivity index (χ0n) is 12.4.